The molecule has 1 aliphatic rings. The summed E-state index contributed by atoms with van der Waals surface area (Å²) in [5.74, 6) is 0.525. The van der Waals surface area contributed by atoms with Crippen molar-refractivity contribution in [3.63, 3.8) is 0 Å². The van der Waals surface area contributed by atoms with Gasteiger partial charge in [-0.25, -0.2) is 4.98 Å². The minimum atomic E-state index is 0.525. The van der Waals surface area contributed by atoms with Crippen LogP contribution in [-0.4, -0.2) is 24.1 Å². The predicted octanol–water partition coefficient (Wildman–Crippen LogP) is 3.19. The maximum atomic E-state index is 4.78. The van der Waals surface area contributed by atoms with Crippen molar-refractivity contribution in [3.8, 4) is 0 Å². The second kappa shape index (κ2) is 4.86. The smallest absolute Gasteiger partial charge is 0.184 e. The van der Waals surface area contributed by atoms with E-state index in [1.54, 1.807) is 11.3 Å². The fourth-order valence-corrected chi connectivity index (χ4v) is 3.43. The van der Waals surface area contributed by atoms with Crippen LogP contribution in [0.4, 0.5) is 5.13 Å². The summed E-state index contributed by atoms with van der Waals surface area (Å²) in [5, 5.41) is 7.97. The zero-order valence-electron chi connectivity index (χ0n) is 10.9. The van der Waals surface area contributed by atoms with Crippen LogP contribution in [0.2, 0.25) is 0 Å². The number of para-hydroxylation sites is 1. The first kappa shape index (κ1) is 11.9. The van der Waals surface area contributed by atoms with E-state index in [9.17, 15) is 0 Å². The molecule has 1 saturated heterocycles. The van der Waals surface area contributed by atoms with Gasteiger partial charge < -0.3 is 10.6 Å². The van der Waals surface area contributed by atoms with E-state index in [0.717, 1.165) is 18.2 Å². The van der Waals surface area contributed by atoms with Gasteiger partial charge in [0.25, 0.3) is 0 Å². The second-order valence-electron chi connectivity index (χ2n) is 5.20. The number of hydrogen-bond donors (Lipinski definition) is 2. The first-order chi connectivity index (χ1) is 8.74. The largest absolute Gasteiger partial charge is 0.357 e. The number of hydrogen-bond acceptors (Lipinski definition) is 4. The van der Waals surface area contributed by atoms with E-state index in [1.165, 1.54) is 22.2 Å². The van der Waals surface area contributed by atoms with Crippen molar-refractivity contribution in [1.82, 2.24) is 10.3 Å². The van der Waals surface area contributed by atoms with Crippen LogP contribution in [0.3, 0.4) is 0 Å². The van der Waals surface area contributed by atoms with Gasteiger partial charge in [0.1, 0.15) is 0 Å². The third kappa shape index (κ3) is 2.22. The van der Waals surface area contributed by atoms with E-state index in [1.807, 2.05) is 0 Å². The molecule has 1 atom stereocenters. The van der Waals surface area contributed by atoms with Crippen LogP contribution >= 0.6 is 11.3 Å². The third-order valence-corrected chi connectivity index (χ3v) is 4.41. The molecule has 0 radical (unpaired) electrons. The Morgan fingerprint density at radius 3 is 3.06 bits per heavy atom. The molecule has 0 saturated carbocycles. The molecule has 0 spiro atoms. The molecular formula is C14H19N3S. The molecule has 1 unspecified atom stereocenters. The van der Waals surface area contributed by atoms with E-state index >= 15 is 0 Å². The Bertz CT molecular complexity index is 541. The van der Waals surface area contributed by atoms with Crippen LogP contribution in [-0.2, 0) is 0 Å². The molecular weight excluding hydrogens is 242 g/mol. The Morgan fingerprint density at radius 2 is 2.33 bits per heavy atom. The molecule has 3 nitrogen and oxygen atoms in total. The fourth-order valence-electron chi connectivity index (χ4n) is 2.45. The van der Waals surface area contributed by atoms with Crippen molar-refractivity contribution in [2.75, 3.05) is 18.4 Å². The molecule has 96 valence electrons. The van der Waals surface area contributed by atoms with Gasteiger partial charge in [-0.3, -0.25) is 0 Å². The first-order valence-electron chi connectivity index (χ1n) is 6.61. The van der Waals surface area contributed by atoms with Crippen molar-refractivity contribution >= 4 is 26.7 Å². The van der Waals surface area contributed by atoms with Crippen molar-refractivity contribution in [2.45, 2.75) is 32.2 Å². The van der Waals surface area contributed by atoms with Gasteiger partial charge in [-0.1, -0.05) is 37.3 Å². The first-order valence-corrected chi connectivity index (χ1v) is 7.42. The molecule has 4 heteroatoms. The average molecular weight is 261 g/mol. The fraction of sp³-hybridized carbons (Fsp3) is 0.500. The van der Waals surface area contributed by atoms with Crippen molar-refractivity contribution in [2.24, 2.45) is 0 Å². The van der Waals surface area contributed by atoms with Crippen LogP contribution in [0, 0.1) is 0 Å². The highest BCUT2D eigenvalue weighted by atomic mass is 32.1. The van der Waals surface area contributed by atoms with E-state index in [0.29, 0.717) is 12.0 Å². The lowest BCUT2D eigenvalue weighted by atomic mass is 10.0. The molecule has 0 amide bonds. The number of aromatic nitrogens is 1. The third-order valence-electron chi connectivity index (χ3n) is 3.46. The summed E-state index contributed by atoms with van der Waals surface area (Å²) in [4.78, 5) is 4.78. The topological polar surface area (TPSA) is 37.0 Å². The monoisotopic (exact) mass is 261 g/mol. The van der Waals surface area contributed by atoms with Crippen molar-refractivity contribution in [3.05, 3.63) is 23.8 Å². The van der Waals surface area contributed by atoms with Crippen LogP contribution in [0.1, 0.15) is 31.7 Å². The molecule has 18 heavy (non-hydrogen) atoms. The lowest BCUT2D eigenvalue weighted by Crippen LogP contribution is -2.21. The van der Waals surface area contributed by atoms with Gasteiger partial charge in [0.15, 0.2) is 5.13 Å². The molecule has 0 aliphatic carbocycles. The van der Waals surface area contributed by atoms with Gasteiger partial charge in [0.2, 0.25) is 0 Å². The molecule has 1 aliphatic heterocycles. The number of anilines is 1. The minimum absolute atomic E-state index is 0.525. The number of thiazole rings is 1. The minimum Gasteiger partial charge on any atom is -0.357 e. The highest BCUT2D eigenvalue weighted by Crippen LogP contribution is 2.32. The van der Waals surface area contributed by atoms with E-state index in [2.05, 4.69) is 42.7 Å². The van der Waals surface area contributed by atoms with Gasteiger partial charge in [-0.15, -0.1) is 0 Å². The van der Waals surface area contributed by atoms with E-state index in [-0.39, 0.29) is 0 Å². The Kier molecular flexibility index (Phi) is 3.22. The SMILES string of the molecule is CC(C)c1cccc2sc(NC3CCNC3)nc12. The standard InChI is InChI=1S/C14H19N3S/c1-9(2)11-4-3-5-12-13(11)17-14(18-12)16-10-6-7-15-8-10/h3-5,9-10,15H,6-8H2,1-2H3,(H,16,17). The number of nitrogens with one attached hydrogen (secondary N) is 2. The number of benzene rings is 1. The Morgan fingerprint density at radius 1 is 1.44 bits per heavy atom. The zero-order valence-corrected chi connectivity index (χ0v) is 11.7. The summed E-state index contributed by atoms with van der Waals surface area (Å²) >= 11 is 1.77. The predicted molar refractivity (Wildman–Crippen MR) is 78.6 cm³/mol. The van der Waals surface area contributed by atoms with Crippen LogP contribution < -0.4 is 10.6 Å². The summed E-state index contributed by atoms with van der Waals surface area (Å²) in [6, 6.07) is 7.02. The Balaban J connectivity index is 1.92. The van der Waals surface area contributed by atoms with Gasteiger partial charge in [-0.05, 0) is 30.5 Å². The van der Waals surface area contributed by atoms with E-state index < -0.39 is 0 Å². The molecule has 1 aromatic heterocycles. The van der Waals surface area contributed by atoms with Gasteiger partial charge in [-0.2, -0.15) is 0 Å². The number of rotatable bonds is 3. The van der Waals surface area contributed by atoms with Crippen LogP contribution in [0.25, 0.3) is 10.2 Å². The molecule has 1 aromatic carbocycles. The highest BCUT2D eigenvalue weighted by Gasteiger charge is 2.16. The summed E-state index contributed by atoms with van der Waals surface area (Å²) in [5.41, 5.74) is 2.52. The maximum absolute atomic E-state index is 4.78. The molecule has 2 N–H and O–H groups in total. The van der Waals surface area contributed by atoms with Gasteiger partial charge in [0.05, 0.1) is 10.2 Å². The molecule has 2 aromatic rings. The maximum Gasteiger partial charge on any atom is 0.184 e. The summed E-state index contributed by atoms with van der Waals surface area (Å²) < 4.78 is 1.29. The lowest BCUT2D eigenvalue weighted by molar-refractivity contribution is 0.792. The summed E-state index contributed by atoms with van der Waals surface area (Å²) in [6.07, 6.45) is 1.19. The van der Waals surface area contributed by atoms with E-state index in [4.69, 9.17) is 4.98 Å². The zero-order chi connectivity index (χ0) is 12.5. The Hall–Kier alpha value is -1.13. The normalized spacial score (nSPS) is 19.8. The average Bonchev–Trinajstić information content (AvgIpc) is 2.96. The number of fused-ring (bicyclic) bond motifs is 1. The number of nitrogens with zero attached hydrogens (tertiary/aromatic N) is 1. The van der Waals surface area contributed by atoms with Crippen molar-refractivity contribution in [1.29, 1.82) is 0 Å². The highest BCUT2D eigenvalue weighted by molar-refractivity contribution is 7.22. The molecule has 3 rings (SSSR count). The van der Waals surface area contributed by atoms with Crippen molar-refractivity contribution < 1.29 is 0 Å². The molecule has 0 bridgehead atoms. The second-order valence-corrected chi connectivity index (χ2v) is 6.23. The van der Waals surface area contributed by atoms with Crippen LogP contribution in [0.15, 0.2) is 18.2 Å². The molecule has 2 heterocycles. The Labute approximate surface area is 112 Å². The van der Waals surface area contributed by atoms with Gasteiger partial charge >= 0.3 is 0 Å². The summed E-state index contributed by atoms with van der Waals surface area (Å²) in [6.45, 7) is 6.61. The quantitative estimate of drug-likeness (QED) is 0.891. The van der Waals surface area contributed by atoms with Gasteiger partial charge in [0, 0.05) is 12.6 Å². The van der Waals surface area contributed by atoms with Crippen LogP contribution in [0.5, 0.6) is 0 Å². The summed E-state index contributed by atoms with van der Waals surface area (Å²) in [7, 11) is 0. The lowest BCUT2D eigenvalue weighted by Gasteiger charge is -2.08. The molecule has 1 fully saturated rings.